The average molecular weight is 259 g/mol. The van der Waals surface area contributed by atoms with Crippen LogP contribution < -0.4 is 10.6 Å². The van der Waals surface area contributed by atoms with Crippen molar-refractivity contribution in [2.75, 3.05) is 24.2 Å². The predicted octanol–water partition coefficient (Wildman–Crippen LogP) is -0.723. The van der Waals surface area contributed by atoms with Crippen molar-refractivity contribution in [2.24, 2.45) is 5.73 Å². The number of nitrogens with one attached hydrogen (secondary N) is 1. The van der Waals surface area contributed by atoms with Crippen molar-refractivity contribution in [3.63, 3.8) is 0 Å². The van der Waals surface area contributed by atoms with Gasteiger partial charge in [0.1, 0.15) is 11.6 Å². The summed E-state index contributed by atoms with van der Waals surface area (Å²) >= 11 is 0. The van der Waals surface area contributed by atoms with E-state index < -0.39 is 9.84 Å². The molecule has 0 radical (unpaired) electrons. The number of aromatic nitrogens is 3. The van der Waals surface area contributed by atoms with Gasteiger partial charge in [-0.2, -0.15) is 4.98 Å². The summed E-state index contributed by atoms with van der Waals surface area (Å²) in [6.07, 6.45) is 3.00. The van der Waals surface area contributed by atoms with Crippen LogP contribution in [0.2, 0.25) is 0 Å². The van der Waals surface area contributed by atoms with Crippen molar-refractivity contribution >= 4 is 15.8 Å². The third-order valence-corrected chi connectivity index (χ3v) is 3.54. The first-order chi connectivity index (χ1) is 7.94. The Balaban J connectivity index is 2.03. The van der Waals surface area contributed by atoms with Gasteiger partial charge in [-0.25, -0.2) is 8.42 Å². The van der Waals surface area contributed by atoms with Gasteiger partial charge in [0, 0.05) is 25.4 Å². The lowest BCUT2D eigenvalue weighted by atomic mass is 10.1. The molecule has 17 heavy (non-hydrogen) atoms. The lowest BCUT2D eigenvalue weighted by molar-refractivity contribution is 0.496. The fourth-order valence-electron chi connectivity index (χ4n) is 1.84. The zero-order chi connectivity index (χ0) is 12.5. The van der Waals surface area contributed by atoms with Crippen molar-refractivity contribution in [3.8, 4) is 0 Å². The molecule has 0 amide bonds. The van der Waals surface area contributed by atoms with Crippen LogP contribution in [-0.2, 0) is 15.6 Å². The Labute approximate surface area is 100 Å². The zero-order valence-electron chi connectivity index (χ0n) is 9.76. The summed E-state index contributed by atoms with van der Waals surface area (Å²) in [6, 6.07) is 0.251. The second-order valence-corrected chi connectivity index (χ2v) is 6.62. The number of anilines is 1. The molecule has 7 nitrogen and oxygen atoms in total. The molecule has 0 saturated carbocycles. The van der Waals surface area contributed by atoms with E-state index in [1.165, 1.54) is 6.26 Å². The van der Waals surface area contributed by atoms with E-state index in [0.717, 1.165) is 25.9 Å². The third-order valence-electron chi connectivity index (χ3n) is 2.74. The molecule has 1 saturated heterocycles. The van der Waals surface area contributed by atoms with Crippen molar-refractivity contribution in [3.05, 3.63) is 5.82 Å². The quantitative estimate of drug-likeness (QED) is 0.742. The number of aromatic amines is 1. The largest absolute Gasteiger partial charge is 0.339 e. The van der Waals surface area contributed by atoms with Crippen molar-refractivity contribution in [1.29, 1.82) is 0 Å². The van der Waals surface area contributed by atoms with Crippen LogP contribution in [0.5, 0.6) is 0 Å². The second kappa shape index (κ2) is 4.61. The SMILES string of the molecule is CS(=O)(=O)Cc1nc(N2CCC(N)CC2)n[nH]1. The van der Waals surface area contributed by atoms with E-state index in [1.54, 1.807) is 0 Å². The fourth-order valence-corrected chi connectivity index (χ4v) is 2.46. The summed E-state index contributed by atoms with van der Waals surface area (Å²) in [7, 11) is -3.08. The number of nitrogens with two attached hydrogens (primary N) is 1. The summed E-state index contributed by atoms with van der Waals surface area (Å²) in [6.45, 7) is 1.63. The molecule has 1 aromatic rings. The monoisotopic (exact) mass is 259 g/mol. The molecule has 1 aliphatic rings. The Morgan fingerprint density at radius 1 is 1.47 bits per heavy atom. The minimum atomic E-state index is -3.08. The maximum atomic E-state index is 11.1. The minimum Gasteiger partial charge on any atom is -0.339 e. The Kier molecular flexibility index (Phi) is 3.34. The first-order valence-corrected chi connectivity index (χ1v) is 7.59. The summed E-state index contributed by atoms with van der Waals surface area (Å²) < 4.78 is 22.2. The van der Waals surface area contributed by atoms with Gasteiger partial charge in [0.05, 0.1) is 0 Å². The Hall–Kier alpha value is -1.15. The van der Waals surface area contributed by atoms with Gasteiger partial charge < -0.3 is 10.6 Å². The molecule has 2 heterocycles. The Morgan fingerprint density at radius 2 is 2.12 bits per heavy atom. The highest BCUT2D eigenvalue weighted by atomic mass is 32.2. The van der Waals surface area contributed by atoms with E-state index >= 15 is 0 Å². The molecule has 0 atom stereocenters. The van der Waals surface area contributed by atoms with Gasteiger partial charge in [-0.05, 0) is 12.8 Å². The predicted molar refractivity (Wildman–Crippen MR) is 64.4 cm³/mol. The van der Waals surface area contributed by atoms with E-state index in [9.17, 15) is 8.42 Å². The molecule has 2 rings (SSSR count). The summed E-state index contributed by atoms with van der Waals surface area (Å²) in [5.74, 6) is 0.848. The van der Waals surface area contributed by atoms with E-state index in [0.29, 0.717) is 11.8 Å². The molecule has 0 unspecified atom stereocenters. The van der Waals surface area contributed by atoms with Crippen LogP contribution in [0.3, 0.4) is 0 Å². The Bertz CT molecular complexity index is 475. The lowest BCUT2D eigenvalue weighted by Gasteiger charge is -2.28. The van der Waals surface area contributed by atoms with Gasteiger partial charge in [0.25, 0.3) is 0 Å². The van der Waals surface area contributed by atoms with Crippen LogP contribution in [0.1, 0.15) is 18.7 Å². The van der Waals surface area contributed by atoms with Crippen LogP contribution in [0, 0.1) is 0 Å². The topological polar surface area (TPSA) is 105 Å². The number of hydrogen-bond donors (Lipinski definition) is 2. The summed E-state index contributed by atoms with van der Waals surface area (Å²) in [5.41, 5.74) is 5.81. The molecule has 1 fully saturated rings. The zero-order valence-corrected chi connectivity index (χ0v) is 10.6. The number of rotatable bonds is 3. The highest BCUT2D eigenvalue weighted by molar-refractivity contribution is 7.89. The minimum absolute atomic E-state index is 0.104. The van der Waals surface area contributed by atoms with Crippen molar-refractivity contribution < 1.29 is 8.42 Å². The van der Waals surface area contributed by atoms with Crippen LogP contribution in [0.25, 0.3) is 0 Å². The molecular formula is C9H17N5O2S. The molecule has 0 aromatic carbocycles. The average Bonchev–Trinajstić information content (AvgIpc) is 2.64. The van der Waals surface area contributed by atoms with Crippen LogP contribution in [0.4, 0.5) is 5.95 Å². The fraction of sp³-hybridized carbons (Fsp3) is 0.778. The smallest absolute Gasteiger partial charge is 0.244 e. The summed E-state index contributed by atoms with van der Waals surface area (Å²) in [5, 5.41) is 6.69. The van der Waals surface area contributed by atoms with Crippen LogP contribution >= 0.6 is 0 Å². The second-order valence-electron chi connectivity index (χ2n) is 4.48. The Morgan fingerprint density at radius 3 is 2.71 bits per heavy atom. The van der Waals surface area contributed by atoms with E-state index in [2.05, 4.69) is 15.2 Å². The van der Waals surface area contributed by atoms with E-state index in [1.807, 2.05) is 4.90 Å². The van der Waals surface area contributed by atoms with Gasteiger partial charge in [0.2, 0.25) is 5.95 Å². The molecule has 96 valence electrons. The molecule has 8 heteroatoms. The molecule has 3 N–H and O–H groups in total. The lowest BCUT2D eigenvalue weighted by Crippen LogP contribution is -2.40. The van der Waals surface area contributed by atoms with Gasteiger partial charge in [-0.15, -0.1) is 5.10 Å². The molecule has 1 aromatic heterocycles. The summed E-state index contributed by atoms with van der Waals surface area (Å²) in [4.78, 5) is 6.20. The first-order valence-electron chi connectivity index (χ1n) is 5.53. The van der Waals surface area contributed by atoms with Crippen LogP contribution in [0.15, 0.2) is 0 Å². The molecule has 0 spiro atoms. The van der Waals surface area contributed by atoms with E-state index in [-0.39, 0.29) is 11.8 Å². The number of nitrogens with zero attached hydrogens (tertiary/aromatic N) is 3. The number of piperidine rings is 1. The standard InChI is InChI=1S/C9H17N5O2S/c1-17(15,16)6-8-11-9(13-12-8)14-4-2-7(10)3-5-14/h7H,2-6,10H2,1H3,(H,11,12,13). The molecule has 0 aliphatic carbocycles. The maximum absolute atomic E-state index is 11.1. The number of sulfone groups is 1. The number of H-pyrrole nitrogens is 1. The molecule has 1 aliphatic heterocycles. The van der Waals surface area contributed by atoms with E-state index in [4.69, 9.17) is 5.73 Å². The van der Waals surface area contributed by atoms with Crippen molar-refractivity contribution in [1.82, 2.24) is 15.2 Å². The van der Waals surface area contributed by atoms with Gasteiger partial charge in [-0.1, -0.05) is 0 Å². The normalized spacial score (nSPS) is 18.6. The molecular weight excluding hydrogens is 242 g/mol. The maximum Gasteiger partial charge on any atom is 0.244 e. The van der Waals surface area contributed by atoms with Crippen LogP contribution in [-0.4, -0.2) is 49.0 Å². The first kappa shape index (κ1) is 12.3. The van der Waals surface area contributed by atoms with Crippen molar-refractivity contribution in [2.45, 2.75) is 24.6 Å². The number of hydrogen-bond acceptors (Lipinski definition) is 6. The van der Waals surface area contributed by atoms with Gasteiger partial charge >= 0.3 is 0 Å². The molecule has 0 bridgehead atoms. The highest BCUT2D eigenvalue weighted by Gasteiger charge is 2.20. The van der Waals surface area contributed by atoms with Gasteiger partial charge in [0.15, 0.2) is 9.84 Å². The highest BCUT2D eigenvalue weighted by Crippen LogP contribution is 2.15. The van der Waals surface area contributed by atoms with Gasteiger partial charge in [-0.3, -0.25) is 5.10 Å². The third kappa shape index (κ3) is 3.40.